The van der Waals surface area contributed by atoms with E-state index in [2.05, 4.69) is 5.32 Å². The van der Waals surface area contributed by atoms with Gasteiger partial charge in [-0.2, -0.15) is 0 Å². The molecule has 0 aliphatic heterocycles. The SMILES string of the molecule is CCC(O)(CC)CNC(=O)c1ccccc1. The quantitative estimate of drug-likeness (QED) is 0.798. The van der Waals surface area contributed by atoms with Gasteiger partial charge in [0.1, 0.15) is 0 Å². The molecule has 0 saturated carbocycles. The summed E-state index contributed by atoms with van der Waals surface area (Å²) in [7, 11) is 0. The van der Waals surface area contributed by atoms with Crippen molar-refractivity contribution in [2.24, 2.45) is 0 Å². The molecule has 0 bridgehead atoms. The first-order chi connectivity index (χ1) is 7.61. The van der Waals surface area contributed by atoms with Crippen molar-refractivity contribution >= 4 is 5.91 Å². The minimum Gasteiger partial charge on any atom is -0.388 e. The van der Waals surface area contributed by atoms with Gasteiger partial charge >= 0.3 is 0 Å². The molecule has 16 heavy (non-hydrogen) atoms. The van der Waals surface area contributed by atoms with Gasteiger partial charge in [0.2, 0.25) is 0 Å². The Hall–Kier alpha value is -1.35. The van der Waals surface area contributed by atoms with Crippen molar-refractivity contribution in [1.29, 1.82) is 0 Å². The van der Waals surface area contributed by atoms with Crippen LogP contribution in [0.2, 0.25) is 0 Å². The zero-order valence-corrected chi connectivity index (χ0v) is 9.86. The molecule has 0 aromatic heterocycles. The predicted molar refractivity (Wildman–Crippen MR) is 64.3 cm³/mol. The summed E-state index contributed by atoms with van der Waals surface area (Å²) in [6, 6.07) is 9.02. The summed E-state index contributed by atoms with van der Waals surface area (Å²) in [5.41, 5.74) is -0.165. The molecule has 0 radical (unpaired) electrons. The lowest BCUT2D eigenvalue weighted by Crippen LogP contribution is -2.42. The third-order valence-electron chi connectivity index (χ3n) is 2.93. The Balaban J connectivity index is 2.54. The number of hydrogen-bond acceptors (Lipinski definition) is 2. The Morgan fingerprint density at radius 2 is 1.81 bits per heavy atom. The average molecular weight is 221 g/mol. The summed E-state index contributed by atoms with van der Waals surface area (Å²) in [5, 5.41) is 12.8. The molecule has 88 valence electrons. The molecule has 1 amide bonds. The Morgan fingerprint density at radius 1 is 1.25 bits per heavy atom. The summed E-state index contributed by atoms with van der Waals surface area (Å²) < 4.78 is 0. The number of nitrogens with one attached hydrogen (secondary N) is 1. The normalized spacial score (nSPS) is 11.2. The summed E-state index contributed by atoms with van der Waals surface area (Å²) >= 11 is 0. The van der Waals surface area contributed by atoms with Crippen LogP contribution in [0.5, 0.6) is 0 Å². The van der Waals surface area contributed by atoms with Crippen molar-refractivity contribution < 1.29 is 9.90 Å². The van der Waals surface area contributed by atoms with Crippen molar-refractivity contribution in [3.63, 3.8) is 0 Å². The molecule has 0 unspecified atom stereocenters. The molecule has 0 spiro atoms. The first-order valence-corrected chi connectivity index (χ1v) is 5.67. The highest BCUT2D eigenvalue weighted by atomic mass is 16.3. The number of aliphatic hydroxyl groups is 1. The Kier molecular flexibility index (Phi) is 4.50. The van der Waals surface area contributed by atoms with E-state index in [1.54, 1.807) is 12.1 Å². The number of rotatable bonds is 5. The van der Waals surface area contributed by atoms with E-state index in [0.29, 0.717) is 24.9 Å². The van der Waals surface area contributed by atoms with E-state index >= 15 is 0 Å². The van der Waals surface area contributed by atoms with Crippen LogP contribution in [0.25, 0.3) is 0 Å². The smallest absolute Gasteiger partial charge is 0.251 e. The lowest BCUT2D eigenvalue weighted by Gasteiger charge is -2.25. The van der Waals surface area contributed by atoms with Gasteiger partial charge in [0.25, 0.3) is 5.91 Å². The maximum absolute atomic E-state index is 11.7. The second-order valence-electron chi connectivity index (χ2n) is 3.98. The molecule has 0 fully saturated rings. The fourth-order valence-corrected chi connectivity index (χ4v) is 1.44. The molecular weight excluding hydrogens is 202 g/mol. The van der Waals surface area contributed by atoms with Gasteiger partial charge in [-0.25, -0.2) is 0 Å². The van der Waals surface area contributed by atoms with Gasteiger partial charge in [-0.3, -0.25) is 4.79 Å². The monoisotopic (exact) mass is 221 g/mol. The molecule has 0 heterocycles. The minimum atomic E-state index is -0.787. The molecule has 0 atom stereocenters. The Morgan fingerprint density at radius 3 is 2.31 bits per heavy atom. The third-order valence-corrected chi connectivity index (χ3v) is 2.93. The van der Waals surface area contributed by atoms with E-state index in [9.17, 15) is 9.90 Å². The van der Waals surface area contributed by atoms with Gasteiger partial charge in [-0.05, 0) is 25.0 Å². The van der Waals surface area contributed by atoms with Crippen molar-refractivity contribution in [2.75, 3.05) is 6.54 Å². The van der Waals surface area contributed by atoms with Gasteiger partial charge in [-0.1, -0.05) is 32.0 Å². The molecule has 1 rings (SSSR count). The molecule has 0 saturated heterocycles. The molecule has 2 N–H and O–H groups in total. The molecule has 1 aromatic rings. The number of carbonyl (C=O) groups excluding carboxylic acids is 1. The second kappa shape index (κ2) is 5.66. The van der Waals surface area contributed by atoms with Crippen LogP contribution in [-0.2, 0) is 0 Å². The number of carbonyl (C=O) groups is 1. The molecule has 1 aromatic carbocycles. The van der Waals surface area contributed by atoms with E-state index in [4.69, 9.17) is 0 Å². The van der Waals surface area contributed by atoms with Crippen LogP contribution in [0.4, 0.5) is 0 Å². The highest BCUT2D eigenvalue weighted by Gasteiger charge is 2.22. The first kappa shape index (κ1) is 12.7. The van der Waals surface area contributed by atoms with Gasteiger partial charge in [0.15, 0.2) is 0 Å². The lowest BCUT2D eigenvalue weighted by molar-refractivity contribution is 0.0314. The van der Waals surface area contributed by atoms with Crippen LogP contribution in [-0.4, -0.2) is 23.2 Å². The highest BCUT2D eigenvalue weighted by molar-refractivity contribution is 5.94. The zero-order valence-electron chi connectivity index (χ0n) is 9.86. The molecule has 3 nitrogen and oxygen atoms in total. The van der Waals surface area contributed by atoms with Gasteiger partial charge in [-0.15, -0.1) is 0 Å². The van der Waals surface area contributed by atoms with Crippen molar-refractivity contribution in [1.82, 2.24) is 5.32 Å². The number of benzene rings is 1. The van der Waals surface area contributed by atoms with Crippen molar-refractivity contribution in [3.8, 4) is 0 Å². The summed E-state index contributed by atoms with van der Waals surface area (Å²) in [5.74, 6) is -0.138. The molecular formula is C13H19NO2. The van der Waals surface area contributed by atoms with Crippen LogP contribution in [0.3, 0.4) is 0 Å². The molecule has 3 heteroatoms. The maximum atomic E-state index is 11.7. The topological polar surface area (TPSA) is 49.3 Å². The van der Waals surface area contributed by atoms with E-state index in [-0.39, 0.29) is 5.91 Å². The Labute approximate surface area is 96.5 Å². The maximum Gasteiger partial charge on any atom is 0.251 e. The van der Waals surface area contributed by atoms with Gasteiger partial charge in [0.05, 0.1) is 5.60 Å². The largest absolute Gasteiger partial charge is 0.388 e. The number of amides is 1. The van der Waals surface area contributed by atoms with E-state index in [1.165, 1.54) is 0 Å². The third kappa shape index (κ3) is 3.35. The first-order valence-electron chi connectivity index (χ1n) is 5.67. The van der Waals surface area contributed by atoms with Crippen LogP contribution in [0.15, 0.2) is 30.3 Å². The Bertz CT molecular complexity index is 331. The van der Waals surface area contributed by atoms with Gasteiger partial charge < -0.3 is 10.4 Å². The summed E-state index contributed by atoms with van der Waals surface area (Å²) in [6.45, 7) is 4.13. The summed E-state index contributed by atoms with van der Waals surface area (Å²) in [4.78, 5) is 11.7. The van der Waals surface area contributed by atoms with Crippen LogP contribution in [0.1, 0.15) is 37.0 Å². The standard InChI is InChI=1S/C13H19NO2/c1-3-13(16,4-2)10-14-12(15)11-8-6-5-7-9-11/h5-9,16H,3-4,10H2,1-2H3,(H,14,15). The average Bonchev–Trinajstić information content (AvgIpc) is 2.36. The summed E-state index contributed by atoms with van der Waals surface area (Å²) in [6.07, 6.45) is 1.27. The molecule has 0 aliphatic carbocycles. The fourth-order valence-electron chi connectivity index (χ4n) is 1.44. The minimum absolute atomic E-state index is 0.138. The van der Waals surface area contributed by atoms with Crippen LogP contribution < -0.4 is 5.32 Å². The van der Waals surface area contributed by atoms with E-state index in [1.807, 2.05) is 32.0 Å². The zero-order chi connectivity index (χ0) is 12.0. The van der Waals surface area contributed by atoms with Crippen LogP contribution >= 0.6 is 0 Å². The second-order valence-corrected chi connectivity index (χ2v) is 3.98. The predicted octanol–water partition coefficient (Wildman–Crippen LogP) is 1.97. The van der Waals surface area contributed by atoms with Crippen LogP contribution in [0, 0.1) is 0 Å². The van der Waals surface area contributed by atoms with E-state index < -0.39 is 5.60 Å². The fraction of sp³-hybridized carbons (Fsp3) is 0.462. The van der Waals surface area contributed by atoms with E-state index in [0.717, 1.165) is 0 Å². The van der Waals surface area contributed by atoms with Gasteiger partial charge in [0, 0.05) is 12.1 Å². The van der Waals surface area contributed by atoms with Crippen molar-refractivity contribution in [3.05, 3.63) is 35.9 Å². The molecule has 0 aliphatic rings. The van der Waals surface area contributed by atoms with Crippen molar-refractivity contribution in [2.45, 2.75) is 32.3 Å². The number of hydrogen-bond donors (Lipinski definition) is 2. The highest BCUT2D eigenvalue weighted by Crippen LogP contribution is 2.13. The lowest BCUT2D eigenvalue weighted by atomic mass is 9.97.